The third kappa shape index (κ3) is 1.85. The largest absolute Gasteiger partial charge is 0.342 e. The van der Waals surface area contributed by atoms with E-state index in [1.54, 1.807) is 10.8 Å². The van der Waals surface area contributed by atoms with Crippen LogP contribution in [-0.2, 0) is 13.1 Å². The lowest BCUT2D eigenvalue weighted by Crippen LogP contribution is -2.05. The SMILES string of the molecule is NCc1cccc2c1ccn2CC(F)F. The third-order valence-corrected chi connectivity index (χ3v) is 2.46. The van der Waals surface area contributed by atoms with Crippen molar-refractivity contribution in [3.63, 3.8) is 0 Å². The van der Waals surface area contributed by atoms with Crippen molar-refractivity contribution in [1.82, 2.24) is 4.57 Å². The maximum absolute atomic E-state index is 12.3. The van der Waals surface area contributed by atoms with Gasteiger partial charge in [-0.3, -0.25) is 0 Å². The molecule has 15 heavy (non-hydrogen) atoms. The van der Waals surface area contributed by atoms with E-state index >= 15 is 0 Å². The van der Waals surface area contributed by atoms with Gasteiger partial charge in [0.2, 0.25) is 0 Å². The zero-order valence-electron chi connectivity index (χ0n) is 8.16. The van der Waals surface area contributed by atoms with E-state index in [-0.39, 0.29) is 6.54 Å². The van der Waals surface area contributed by atoms with Crippen molar-refractivity contribution in [2.75, 3.05) is 0 Å². The van der Waals surface area contributed by atoms with Crippen LogP contribution in [0.4, 0.5) is 8.78 Å². The summed E-state index contributed by atoms with van der Waals surface area (Å²) in [5.41, 5.74) is 7.37. The zero-order valence-corrected chi connectivity index (χ0v) is 8.16. The molecule has 0 aliphatic heterocycles. The third-order valence-electron chi connectivity index (χ3n) is 2.46. The van der Waals surface area contributed by atoms with Crippen molar-refractivity contribution in [3.05, 3.63) is 36.0 Å². The molecule has 0 bridgehead atoms. The van der Waals surface area contributed by atoms with Crippen molar-refractivity contribution in [2.45, 2.75) is 19.5 Å². The molecule has 1 aromatic carbocycles. The molecule has 0 saturated heterocycles. The molecule has 0 fully saturated rings. The first kappa shape index (κ1) is 10.1. The Labute approximate surface area is 86.3 Å². The Balaban J connectivity index is 2.51. The van der Waals surface area contributed by atoms with Crippen molar-refractivity contribution in [3.8, 4) is 0 Å². The predicted molar refractivity (Wildman–Crippen MR) is 55.8 cm³/mol. The van der Waals surface area contributed by atoms with Crippen molar-refractivity contribution in [2.24, 2.45) is 5.73 Å². The lowest BCUT2D eigenvalue weighted by Gasteiger charge is -2.05. The van der Waals surface area contributed by atoms with E-state index in [0.29, 0.717) is 6.54 Å². The highest BCUT2D eigenvalue weighted by atomic mass is 19.3. The number of halogens is 2. The van der Waals surface area contributed by atoms with Crippen LogP contribution in [-0.4, -0.2) is 11.0 Å². The average molecular weight is 210 g/mol. The molecule has 2 N–H and O–H groups in total. The van der Waals surface area contributed by atoms with Crippen molar-refractivity contribution < 1.29 is 8.78 Å². The molecule has 80 valence electrons. The van der Waals surface area contributed by atoms with Gasteiger partial charge in [0.05, 0.1) is 6.54 Å². The van der Waals surface area contributed by atoms with E-state index in [4.69, 9.17) is 5.73 Å². The first-order valence-electron chi connectivity index (χ1n) is 4.77. The first-order valence-corrected chi connectivity index (χ1v) is 4.77. The molecule has 1 heterocycles. The fourth-order valence-electron chi connectivity index (χ4n) is 1.77. The molecule has 0 aliphatic carbocycles. The molecule has 2 aromatic rings. The van der Waals surface area contributed by atoms with Crippen LogP contribution < -0.4 is 5.73 Å². The highest BCUT2D eigenvalue weighted by Crippen LogP contribution is 2.20. The lowest BCUT2D eigenvalue weighted by molar-refractivity contribution is 0.128. The molecule has 2 nitrogen and oxygen atoms in total. The number of benzene rings is 1. The van der Waals surface area contributed by atoms with Crippen LogP contribution >= 0.6 is 0 Å². The first-order chi connectivity index (χ1) is 7.22. The van der Waals surface area contributed by atoms with Crippen LogP contribution in [0.1, 0.15) is 5.56 Å². The summed E-state index contributed by atoms with van der Waals surface area (Å²) in [7, 11) is 0. The second-order valence-electron chi connectivity index (χ2n) is 3.41. The number of rotatable bonds is 3. The van der Waals surface area contributed by atoms with Gasteiger partial charge < -0.3 is 10.3 Å². The number of hydrogen-bond donors (Lipinski definition) is 1. The summed E-state index contributed by atoms with van der Waals surface area (Å²) in [5, 5.41) is 0.959. The molecule has 1 aromatic heterocycles. The van der Waals surface area contributed by atoms with Gasteiger partial charge in [0.1, 0.15) is 0 Å². The van der Waals surface area contributed by atoms with Gasteiger partial charge in [-0.25, -0.2) is 8.78 Å². The minimum atomic E-state index is -2.33. The number of hydrogen-bond acceptors (Lipinski definition) is 1. The normalized spacial score (nSPS) is 11.5. The summed E-state index contributed by atoms with van der Waals surface area (Å²) in [6.45, 7) is 0.160. The van der Waals surface area contributed by atoms with Gasteiger partial charge in [0.15, 0.2) is 0 Å². The Morgan fingerprint density at radius 3 is 2.73 bits per heavy atom. The maximum atomic E-state index is 12.3. The Kier molecular flexibility index (Phi) is 2.68. The molecule has 0 saturated carbocycles. The predicted octanol–water partition coefficient (Wildman–Crippen LogP) is 2.37. The molecule has 0 amide bonds. The van der Waals surface area contributed by atoms with Crippen LogP contribution in [0.3, 0.4) is 0 Å². The fraction of sp³-hybridized carbons (Fsp3) is 0.273. The molecule has 0 radical (unpaired) electrons. The van der Waals surface area contributed by atoms with E-state index in [0.717, 1.165) is 16.5 Å². The van der Waals surface area contributed by atoms with Gasteiger partial charge in [-0.2, -0.15) is 0 Å². The van der Waals surface area contributed by atoms with E-state index in [1.807, 2.05) is 24.3 Å². The monoisotopic (exact) mass is 210 g/mol. The van der Waals surface area contributed by atoms with Gasteiger partial charge in [-0.05, 0) is 17.7 Å². The highest BCUT2D eigenvalue weighted by molar-refractivity contribution is 5.83. The van der Waals surface area contributed by atoms with E-state index in [2.05, 4.69) is 0 Å². The molecule has 0 unspecified atom stereocenters. The molecule has 2 rings (SSSR count). The van der Waals surface area contributed by atoms with Crippen LogP contribution in [0, 0.1) is 0 Å². The molecular weight excluding hydrogens is 198 g/mol. The summed E-state index contributed by atoms with van der Waals surface area (Å²) in [6.07, 6.45) is -0.655. The van der Waals surface area contributed by atoms with Gasteiger partial charge in [-0.1, -0.05) is 12.1 Å². The topological polar surface area (TPSA) is 30.9 Å². The highest BCUT2D eigenvalue weighted by Gasteiger charge is 2.08. The van der Waals surface area contributed by atoms with E-state index < -0.39 is 6.43 Å². The number of alkyl halides is 2. The van der Waals surface area contributed by atoms with E-state index in [9.17, 15) is 8.78 Å². The van der Waals surface area contributed by atoms with Gasteiger partial charge >= 0.3 is 0 Å². The van der Waals surface area contributed by atoms with Crippen LogP contribution in [0.2, 0.25) is 0 Å². The molecule has 0 aliphatic rings. The second kappa shape index (κ2) is 3.98. The molecular formula is C11H12F2N2. The Bertz CT molecular complexity index is 463. The number of fused-ring (bicyclic) bond motifs is 1. The standard InChI is InChI=1S/C11H12F2N2/c12-11(13)7-15-5-4-9-8(6-14)2-1-3-10(9)15/h1-5,11H,6-7,14H2. The Morgan fingerprint density at radius 2 is 2.07 bits per heavy atom. The summed E-state index contributed by atoms with van der Waals surface area (Å²) < 4.78 is 26.1. The number of aromatic nitrogens is 1. The molecule has 4 heteroatoms. The lowest BCUT2D eigenvalue weighted by atomic mass is 10.1. The van der Waals surface area contributed by atoms with Crippen molar-refractivity contribution in [1.29, 1.82) is 0 Å². The molecule has 0 spiro atoms. The van der Waals surface area contributed by atoms with Crippen LogP contribution in [0.25, 0.3) is 10.9 Å². The summed E-state index contributed by atoms with van der Waals surface area (Å²) >= 11 is 0. The van der Waals surface area contributed by atoms with Gasteiger partial charge in [-0.15, -0.1) is 0 Å². The molecule has 0 atom stereocenters. The van der Waals surface area contributed by atoms with Crippen molar-refractivity contribution >= 4 is 10.9 Å². The Morgan fingerprint density at radius 1 is 1.27 bits per heavy atom. The number of nitrogens with zero attached hydrogens (tertiary/aromatic N) is 1. The maximum Gasteiger partial charge on any atom is 0.256 e. The van der Waals surface area contributed by atoms with Crippen LogP contribution in [0.5, 0.6) is 0 Å². The van der Waals surface area contributed by atoms with Gasteiger partial charge in [0.25, 0.3) is 6.43 Å². The van der Waals surface area contributed by atoms with E-state index in [1.165, 1.54) is 0 Å². The summed E-state index contributed by atoms with van der Waals surface area (Å²) in [5.74, 6) is 0. The smallest absolute Gasteiger partial charge is 0.256 e. The average Bonchev–Trinajstić information content (AvgIpc) is 2.61. The minimum absolute atomic E-state index is 0.266. The second-order valence-corrected chi connectivity index (χ2v) is 3.41. The summed E-state index contributed by atoms with van der Waals surface area (Å²) in [4.78, 5) is 0. The zero-order chi connectivity index (χ0) is 10.8. The van der Waals surface area contributed by atoms with Crippen LogP contribution in [0.15, 0.2) is 30.5 Å². The number of nitrogens with two attached hydrogens (primary N) is 1. The Hall–Kier alpha value is -1.42. The fourth-order valence-corrected chi connectivity index (χ4v) is 1.77. The summed E-state index contributed by atoms with van der Waals surface area (Å²) in [6, 6.07) is 7.42. The minimum Gasteiger partial charge on any atom is -0.342 e. The quantitative estimate of drug-likeness (QED) is 0.828. The van der Waals surface area contributed by atoms with Gasteiger partial charge in [0, 0.05) is 23.6 Å².